The van der Waals surface area contributed by atoms with Crippen LogP contribution in [0, 0.1) is 5.92 Å². The molecule has 2 aromatic heterocycles. The van der Waals surface area contributed by atoms with Gasteiger partial charge >= 0.3 is 18.5 Å². The minimum absolute atomic E-state index is 0.0390. The number of fused-ring (bicyclic) bond motifs is 1. The molecule has 0 fully saturated rings. The van der Waals surface area contributed by atoms with Crippen molar-refractivity contribution in [1.82, 2.24) is 14.8 Å². The zero-order valence-electron chi connectivity index (χ0n) is 15.2. The summed E-state index contributed by atoms with van der Waals surface area (Å²) in [5.74, 6) is -1.75. The zero-order valence-corrected chi connectivity index (χ0v) is 15.2. The van der Waals surface area contributed by atoms with Crippen LogP contribution in [0.25, 0.3) is 11.3 Å². The van der Waals surface area contributed by atoms with E-state index in [9.17, 15) is 27.5 Å². The minimum atomic E-state index is -5.14. The van der Waals surface area contributed by atoms with Crippen molar-refractivity contribution in [2.75, 3.05) is 0 Å². The van der Waals surface area contributed by atoms with Gasteiger partial charge in [0.05, 0.1) is 17.8 Å². The van der Waals surface area contributed by atoms with Crippen LogP contribution in [-0.2, 0) is 17.6 Å². The van der Waals surface area contributed by atoms with Gasteiger partial charge in [0.25, 0.3) is 0 Å². The molecule has 3 rings (SSSR count). The SMILES string of the molecule is CC(C)n1nc(-c2cncc(OC(F)C(F)(F)F)c2)c2c1C[C@H](C(=O)O)CC2. The van der Waals surface area contributed by atoms with E-state index in [2.05, 4.69) is 14.8 Å². The summed E-state index contributed by atoms with van der Waals surface area (Å²) in [5, 5.41) is 13.9. The van der Waals surface area contributed by atoms with Crippen LogP contribution >= 0.6 is 0 Å². The lowest BCUT2D eigenvalue weighted by Crippen LogP contribution is -2.29. The molecule has 1 N–H and O–H groups in total. The number of ether oxygens (including phenoxy) is 1. The van der Waals surface area contributed by atoms with Gasteiger partial charge in [-0.25, -0.2) is 0 Å². The summed E-state index contributed by atoms with van der Waals surface area (Å²) in [5.41, 5.74) is 2.50. The molecule has 1 aliphatic carbocycles. The molecule has 0 bridgehead atoms. The van der Waals surface area contributed by atoms with Crippen LogP contribution in [0.5, 0.6) is 5.75 Å². The Hall–Kier alpha value is -2.65. The smallest absolute Gasteiger partial charge is 0.457 e. The standard InChI is InChI=1S/C18H19F4N3O3/c1-9(2)25-14-6-10(16(26)27)3-4-13(14)15(24-25)11-5-12(8-23-7-11)28-17(19)18(20,21)22/h5,7-10,17H,3-4,6H2,1-2H3,(H,26,27)/t10-,17?/m1/s1. The molecule has 1 aliphatic rings. The highest BCUT2D eigenvalue weighted by molar-refractivity contribution is 5.72. The van der Waals surface area contributed by atoms with Crippen molar-refractivity contribution in [1.29, 1.82) is 0 Å². The number of carboxylic acid groups (broad SMARTS) is 1. The monoisotopic (exact) mass is 401 g/mol. The average Bonchev–Trinajstić information content (AvgIpc) is 3.00. The first-order chi connectivity index (χ1) is 13.1. The van der Waals surface area contributed by atoms with Gasteiger partial charge in [0.2, 0.25) is 0 Å². The zero-order chi connectivity index (χ0) is 20.6. The fourth-order valence-electron chi connectivity index (χ4n) is 3.31. The Morgan fingerprint density at radius 1 is 1.36 bits per heavy atom. The van der Waals surface area contributed by atoms with Gasteiger partial charge in [-0.3, -0.25) is 14.5 Å². The normalized spacial score (nSPS) is 18.0. The van der Waals surface area contributed by atoms with E-state index in [1.165, 1.54) is 12.3 Å². The molecule has 0 amide bonds. The van der Waals surface area contributed by atoms with Crippen molar-refractivity contribution < 1.29 is 32.2 Å². The van der Waals surface area contributed by atoms with Crippen molar-refractivity contribution in [2.45, 2.75) is 51.7 Å². The molecule has 0 saturated carbocycles. The maximum absolute atomic E-state index is 13.2. The Balaban J connectivity index is 1.98. The van der Waals surface area contributed by atoms with Crippen molar-refractivity contribution in [2.24, 2.45) is 5.92 Å². The number of carbonyl (C=O) groups is 1. The quantitative estimate of drug-likeness (QED) is 0.768. The van der Waals surface area contributed by atoms with Gasteiger partial charge in [-0.2, -0.15) is 22.7 Å². The lowest BCUT2D eigenvalue weighted by molar-refractivity contribution is -0.236. The van der Waals surface area contributed by atoms with Crippen molar-refractivity contribution in [3.05, 3.63) is 29.7 Å². The van der Waals surface area contributed by atoms with Crippen molar-refractivity contribution in [3.63, 3.8) is 0 Å². The van der Waals surface area contributed by atoms with Crippen LogP contribution in [0.4, 0.5) is 17.6 Å². The van der Waals surface area contributed by atoms with Crippen LogP contribution in [0.15, 0.2) is 18.5 Å². The van der Waals surface area contributed by atoms with E-state index in [4.69, 9.17) is 0 Å². The number of alkyl halides is 4. The lowest BCUT2D eigenvalue weighted by atomic mass is 9.86. The second-order valence-corrected chi connectivity index (χ2v) is 6.97. The van der Waals surface area contributed by atoms with Gasteiger partial charge in [0.15, 0.2) is 0 Å². The highest BCUT2D eigenvalue weighted by Crippen LogP contribution is 2.36. The fourth-order valence-corrected chi connectivity index (χ4v) is 3.31. The van der Waals surface area contributed by atoms with E-state index in [0.29, 0.717) is 30.5 Å². The van der Waals surface area contributed by atoms with Gasteiger partial charge in [-0.05, 0) is 32.8 Å². The van der Waals surface area contributed by atoms with Gasteiger partial charge in [0.1, 0.15) is 5.75 Å². The molecule has 28 heavy (non-hydrogen) atoms. The summed E-state index contributed by atoms with van der Waals surface area (Å²) in [6.45, 7) is 3.80. The second kappa shape index (κ2) is 7.40. The predicted molar refractivity (Wildman–Crippen MR) is 90.6 cm³/mol. The number of pyridine rings is 1. The third-order valence-corrected chi connectivity index (χ3v) is 4.62. The van der Waals surface area contributed by atoms with Gasteiger partial charge < -0.3 is 9.84 Å². The van der Waals surface area contributed by atoms with Crippen LogP contribution < -0.4 is 4.74 Å². The number of halogens is 4. The van der Waals surface area contributed by atoms with E-state index in [-0.39, 0.29) is 11.8 Å². The molecular formula is C18H19F4N3O3. The molecule has 0 radical (unpaired) electrons. The molecule has 6 nitrogen and oxygen atoms in total. The van der Waals surface area contributed by atoms with Crippen LogP contribution in [0.3, 0.4) is 0 Å². The van der Waals surface area contributed by atoms with Crippen LogP contribution in [-0.4, -0.2) is 38.4 Å². The van der Waals surface area contributed by atoms with E-state index in [1.54, 1.807) is 4.68 Å². The molecule has 0 saturated heterocycles. The Kier molecular flexibility index (Phi) is 5.31. The Morgan fingerprint density at radius 3 is 2.68 bits per heavy atom. The third-order valence-electron chi connectivity index (χ3n) is 4.62. The summed E-state index contributed by atoms with van der Waals surface area (Å²) in [7, 11) is 0. The highest BCUT2D eigenvalue weighted by atomic mass is 19.4. The third kappa shape index (κ3) is 3.95. The van der Waals surface area contributed by atoms with Crippen LogP contribution in [0.1, 0.15) is 37.6 Å². The number of aromatic nitrogens is 3. The maximum Gasteiger partial charge on any atom is 0.457 e. The molecule has 0 aromatic carbocycles. The maximum atomic E-state index is 13.2. The molecule has 0 spiro atoms. The van der Waals surface area contributed by atoms with Gasteiger partial charge in [-0.1, -0.05) is 0 Å². The Morgan fingerprint density at radius 2 is 2.07 bits per heavy atom. The number of nitrogens with zero attached hydrogens (tertiary/aromatic N) is 3. The minimum Gasteiger partial charge on any atom is -0.481 e. The first kappa shape index (κ1) is 20.1. The van der Waals surface area contributed by atoms with Crippen molar-refractivity contribution in [3.8, 4) is 17.0 Å². The lowest BCUT2D eigenvalue weighted by Gasteiger charge is -2.21. The van der Waals surface area contributed by atoms with Crippen molar-refractivity contribution >= 4 is 5.97 Å². The molecule has 152 valence electrons. The summed E-state index contributed by atoms with van der Waals surface area (Å²) in [6, 6.07) is 1.21. The Bertz CT molecular complexity index is 879. The van der Waals surface area contributed by atoms with Crippen LogP contribution in [0.2, 0.25) is 0 Å². The topological polar surface area (TPSA) is 77.2 Å². The fraction of sp³-hybridized carbons (Fsp3) is 0.500. The van der Waals surface area contributed by atoms with E-state index >= 15 is 0 Å². The predicted octanol–water partition coefficient (Wildman–Crippen LogP) is 3.95. The molecule has 2 aromatic rings. The summed E-state index contributed by atoms with van der Waals surface area (Å²) >= 11 is 0. The number of hydrogen-bond donors (Lipinski definition) is 1. The largest absolute Gasteiger partial charge is 0.481 e. The van der Waals surface area contributed by atoms with E-state index < -0.39 is 24.4 Å². The molecule has 2 heterocycles. The first-order valence-electron chi connectivity index (χ1n) is 8.73. The Labute approximate surface area is 158 Å². The number of hydrogen-bond acceptors (Lipinski definition) is 4. The summed E-state index contributed by atoms with van der Waals surface area (Å²) in [4.78, 5) is 15.2. The van der Waals surface area contributed by atoms with E-state index in [1.807, 2.05) is 13.8 Å². The molecular weight excluding hydrogens is 382 g/mol. The summed E-state index contributed by atoms with van der Waals surface area (Å²) < 4.78 is 56.4. The van der Waals surface area contributed by atoms with Gasteiger partial charge in [-0.15, -0.1) is 0 Å². The molecule has 1 unspecified atom stereocenters. The second-order valence-electron chi connectivity index (χ2n) is 6.97. The number of carboxylic acids is 1. The van der Waals surface area contributed by atoms with E-state index in [0.717, 1.165) is 17.5 Å². The average molecular weight is 401 g/mol. The summed E-state index contributed by atoms with van der Waals surface area (Å²) in [6.07, 6.45) is -4.97. The highest BCUT2D eigenvalue weighted by Gasteiger charge is 2.42. The molecule has 10 heteroatoms. The first-order valence-corrected chi connectivity index (χ1v) is 8.73. The number of rotatable bonds is 5. The van der Waals surface area contributed by atoms with Gasteiger partial charge in [0, 0.05) is 35.5 Å². The number of aliphatic carboxylic acids is 1. The molecule has 0 aliphatic heterocycles. The molecule has 2 atom stereocenters.